The van der Waals surface area contributed by atoms with Crippen molar-refractivity contribution in [2.75, 3.05) is 19.7 Å². The Kier molecular flexibility index (Phi) is 8.32. The molecule has 1 rings (SSSR count). The first-order valence-electron chi connectivity index (χ1n) is 6.36. The molecule has 1 aromatic carbocycles. The van der Waals surface area contributed by atoms with Crippen LogP contribution in [0.1, 0.15) is 31.7 Å². The van der Waals surface area contributed by atoms with Crippen molar-refractivity contribution in [3.05, 3.63) is 34.3 Å². The smallest absolute Gasteiger partial charge is 0.0716 e. The van der Waals surface area contributed by atoms with Gasteiger partial charge in [0, 0.05) is 11.1 Å². The maximum Gasteiger partial charge on any atom is 0.0716 e. The minimum Gasteiger partial charge on any atom is -0.377 e. The molecule has 0 bridgehead atoms. The number of benzene rings is 1. The number of hydrogen-bond acceptors (Lipinski definition) is 2. The molecule has 3 heteroatoms. The van der Waals surface area contributed by atoms with E-state index in [1.807, 2.05) is 0 Å². The van der Waals surface area contributed by atoms with Crippen LogP contribution >= 0.6 is 15.9 Å². The zero-order valence-electron chi connectivity index (χ0n) is 10.5. The summed E-state index contributed by atoms with van der Waals surface area (Å²) >= 11 is 3.42. The maximum absolute atomic E-state index is 5.63. The summed E-state index contributed by atoms with van der Waals surface area (Å²) in [6.07, 6.45) is 3.64. The van der Waals surface area contributed by atoms with Crippen LogP contribution in [0.2, 0.25) is 0 Å². The van der Waals surface area contributed by atoms with Crippen LogP contribution in [0.4, 0.5) is 0 Å². The van der Waals surface area contributed by atoms with Crippen molar-refractivity contribution in [2.24, 2.45) is 0 Å². The van der Waals surface area contributed by atoms with Crippen LogP contribution in [-0.4, -0.2) is 19.7 Å². The molecule has 0 atom stereocenters. The van der Waals surface area contributed by atoms with E-state index >= 15 is 0 Å². The van der Waals surface area contributed by atoms with Crippen molar-refractivity contribution < 1.29 is 4.74 Å². The Morgan fingerprint density at radius 1 is 1.12 bits per heavy atom. The lowest BCUT2D eigenvalue weighted by Crippen LogP contribution is -2.13. The van der Waals surface area contributed by atoms with Crippen molar-refractivity contribution in [1.29, 1.82) is 0 Å². The third-order valence-corrected chi connectivity index (χ3v) is 3.10. The van der Waals surface area contributed by atoms with E-state index in [9.17, 15) is 0 Å². The van der Waals surface area contributed by atoms with Gasteiger partial charge in [0.2, 0.25) is 0 Å². The second-order valence-electron chi connectivity index (χ2n) is 4.09. The Labute approximate surface area is 113 Å². The van der Waals surface area contributed by atoms with E-state index in [4.69, 9.17) is 4.74 Å². The molecule has 0 spiro atoms. The molecule has 2 nitrogen and oxygen atoms in total. The molecular formula is C14H22BrNO. The van der Waals surface area contributed by atoms with Crippen LogP contribution in [-0.2, 0) is 11.3 Å². The largest absolute Gasteiger partial charge is 0.377 e. The van der Waals surface area contributed by atoms with Gasteiger partial charge in [0.1, 0.15) is 0 Å². The summed E-state index contributed by atoms with van der Waals surface area (Å²) < 4.78 is 6.75. The molecule has 0 aromatic heterocycles. The summed E-state index contributed by atoms with van der Waals surface area (Å²) in [4.78, 5) is 0. The molecule has 0 aliphatic rings. The molecule has 1 N–H and O–H groups in total. The second kappa shape index (κ2) is 9.63. The highest BCUT2D eigenvalue weighted by molar-refractivity contribution is 9.10. The quantitative estimate of drug-likeness (QED) is 0.701. The van der Waals surface area contributed by atoms with Crippen molar-refractivity contribution in [2.45, 2.75) is 32.8 Å². The fourth-order valence-electron chi connectivity index (χ4n) is 1.58. The Bertz CT molecular complexity index is 287. The van der Waals surface area contributed by atoms with Crippen molar-refractivity contribution in [1.82, 2.24) is 5.32 Å². The van der Waals surface area contributed by atoms with Crippen LogP contribution in [0.3, 0.4) is 0 Å². The van der Waals surface area contributed by atoms with Gasteiger partial charge in [0.05, 0.1) is 6.61 Å². The van der Waals surface area contributed by atoms with Gasteiger partial charge in [-0.3, -0.25) is 0 Å². The molecule has 0 radical (unpaired) electrons. The molecule has 0 heterocycles. The van der Waals surface area contributed by atoms with Gasteiger partial charge in [-0.15, -0.1) is 0 Å². The molecule has 0 saturated heterocycles. The summed E-state index contributed by atoms with van der Waals surface area (Å²) in [6.45, 7) is 5.92. The third-order valence-electron chi connectivity index (χ3n) is 2.57. The lowest BCUT2D eigenvalue weighted by atomic mass is 10.2. The predicted molar refractivity (Wildman–Crippen MR) is 76.2 cm³/mol. The zero-order valence-corrected chi connectivity index (χ0v) is 12.1. The van der Waals surface area contributed by atoms with Gasteiger partial charge in [-0.05, 0) is 50.0 Å². The van der Waals surface area contributed by atoms with Gasteiger partial charge in [0.25, 0.3) is 0 Å². The molecule has 0 saturated carbocycles. The summed E-state index contributed by atoms with van der Waals surface area (Å²) in [5.74, 6) is 0. The SMILES string of the molecule is CCNCCCCCOCc1ccc(Br)cc1. The minimum absolute atomic E-state index is 0.723. The van der Waals surface area contributed by atoms with E-state index in [0.29, 0.717) is 0 Å². The lowest BCUT2D eigenvalue weighted by Gasteiger charge is -2.05. The highest BCUT2D eigenvalue weighted by atomic mass is 79.9. The maximum atomic E-state index is 5.63. The molecule has 96 valence electrons. The molecule has 1 aromatic rings. The van der Waals surface area contributed by atoms with E-state index in [-0.39, 0.29) is 0 Å². The Balaban J connectivity index is 1.95. The predicted octanol–water partition coefficient (Wildman–Crippen LogP) is 3.75. The molecule has 0 unspecified atom stereocenters. The van der Waals surface area contributed by atoms with Gasteiger partial charge >= 0.3 is 0 Å². The lowest BCUT2D eigenvalue weighted by molar-refractivity contribution is 0.117. The number of nitrogens with one attached hydrogen (secondary N) is 1. The van der Waals surface area contributed by atoms with Crippen LogP contribution in [0.15, 0.2) is 28.7 Å². The van der Waals surface area contributed by atoms with Crippen molar-refractivity contribution in [3.63, 3.8) is 0 Å². The van der Waals surface area contributed by atoms with E-state index < -0.39 is 0 Å². The monoisotopic (exact) mass is 299 g/mol. The molecule has 0 fully saturated rings. The van der Waals surface area contributed by atoms with E-state index in [2.05, 4.69) is 52.4 Å². The Hall–Kier alpha value is -0.380. The average molecular weight is 300 g/mol. The van der Waals surface area contributed by atoms with Crippen molar-refractivity contribution in [3.8, 4) is 0 Å². The first kappa shape index (κ1) is 14.7. The normalized spacial score (nSPS) is 10.7. The van der Waals surface area contributed by atoms with Crippen LogP contribution in [0.25, 0.3) is 0 Å². The average Bonchev–Trinajstić information content (AvgIpc) is 2.35. The topological polar surface area (TPSA) is 21.3 Å². The summed E-state index contributed by atoms with van der Waals surface area (Å²) in [6, 6.07) is 8.29. The van der Waals surface area contributed by atoms with E-state index in [1.54, 1.807) is 0 Å². The van der Waals surface area contributed by atoms with Crippen LogP contribution in [0, 0.1) is 0 Å². The van der Waals surface area contributed by atoms with Gasteiger partial charge in [-0.1, -0.05) is 35.0 Å². The summed E-state index contributed by atoms with van der Waals surface area (Å²) in [5, 5.41) is 3.33. The number of ether oxygens (including phenoxy) is 1. The van der Waals surface area contributed by atoms with Gasteiger partial charge in [-0.2, -0.15) is 0 Å². The van der Waals surface area contributed by atoms with Crippen molar-refractivity contribution >= 4 is 15.9 Å². The number of rotatable bonds is 9. The van der Waals surface area contributed by atoms with E-state index in [0.717, 1.165) is 37.2 Å². The minimum atomic E-state index is 0.723. The molecule has 17 heavy (non-hydrogen) atoms. The summed E-state index contributed by atoms with van der Waals surface area (Å²) in [7, 11) is 0. The highest BCUT2D eigenvalue weighted by Gasteiger charge is 1.94. The molecule has 0 amide bonds. The second-order valence-corrected chi connectivity index (χ2v) is 5.01. The molecule has 0 aliphatic heterocycles. The van der Waals surface area contributed by atoms with Crippen LogP contribution in [0.5, 0.6) is 0 Å². The number of hydrogen-bond donors (Lipinski definition) is 1. The number of halogens is 1. The summed E-state index contributed by atoms with van der Waals surface area (Å²) in [5.41, 5.74) is 1.24. The standard InChI is InChI=1S/C14H22BrNO/c1-2-16-10-4-3-5-11-17-12-13-6-8-14(15)9-7-13/h6-9,16H,2-5,10-12H2,1H3. The first-order valence-corrected chi connectivity index (χ1v) is 7.15. The Morgan fingerprint density at radius 3 is 2.59 bits per heavy atom. The van der Waals surface area contributed by atoms with Gasteiger partial charge in [-0.25, -0.2) is 0 Å². The third kappa shape index (κ3) is 7.53. The fraction of sp³-hybridized carbons (Fsp3) is 0.571. The van der Waals surface area contributed by atoms with Crippen LogP contribution < -0.4 is 5.32 Å². The van der Waals surface area contributed by atoms with Gasteiger partial charge in [0.15, 0.2) is 0 Å². The van der Waals surface area contributed by atoms with E-state index in [1.165, 1.54) is 18.4 Å². The fourth-order valence-corrected chi connectivity index (χ4v) is 1.84. The molecular weight excluding hydrogens is 278 g/mol. The van der Waals surface area contributed by atoms with Gasteiger partial charge < -0.3 is 10.1 Å². The molecule has 0 aliphatic carbocycles. The first-order chi connectivity index (χ1) is 8.33. The number of unbranched alkanes of at least 4 members (excludes halogenated alkanes) is 2. The zero-order chi connectivity index (χ0) is 12.3. The highest BCUT2D eigenvalue weighted by Crippen LogP contribution is 2.11. The Morgan fingerprint density at radius 2 is 1.88 bits per heavy atom.